The molecule has 1 aliphatic heterocycles. The normalized spacial score (nSPS) is 14.8. The molecule has 0 spiro atoms. The summed E-state index contributed by atoms with van der Waals surface area (Å²) in [5.74, 6) is -0.0500. The molecule has 0 radical (unpaired) electrons. The first-order chi connectivity index (χ1) is 13.0. The van der Waals surface area contributed by atoms with Gasteiger partial charge in [0.15, 0.2) is 5.96 Å². The van der Waals surface area contributed by atoms with E-state index in [0.717, 1.165) is 6.07 Å². The Labute approximate surface area is 177 Å². The van der Waals surface area contributed by atoms with E-state index in [1.807, 2.05) is 9.80 Å². The first-order valence-corrected chi connectivity index (χ1v) is 8.33. The number of hydrogen-bond donors (Lipinski definition) is 1. The number of nitrogens with two attached hydrogens (primary N) is 1. The zero-order valence-electron chi connectivity index (χ0n) is 14.8. The van der Waals surface area contributed by atoms with Crippen LogP contribution in [0.1, 0.15) is 5.56 Å². The molecule has 152 valence electrons. The van der Waals surface area contributed by atoms with E-state index in [-0.39, 0.29) is 47.8 Å². The Kier molecular flexibility index (Phi) is 8.08. The van der Waals surface area contributed by atoms with Gasteiger partial charge in [0, 0.05) is 38.6 Å². The lowest BCUT2D eigenvalue weighted by Gasteiger charge is -2.35. The van der Waals surface area contributed by atoms with Gasteiger partial charge in [-0.2, -0.15) is 8.78 Å². The molecular weight excluding hydrogens is 488 g/mol. The predicted octanol–water partition coefficient (Wildman–Crippen LogP) is 2.47. The monoisotopic (exact) mass is 508 g/mol. The summed E-state index contributed by atoms with van der Waals surface area (Å²) in [6.07, 6.45) is 3.36. The maximum absolute atomic E-state index is 14.0. The van der Waals surface area contributed by atoms with Crippen molar-refractivity contribution >= 4 is 35.9 Å². The average Bonchev–Trinajstić information content (AvgIpc) is 2.68. The highest BCUT2D eigenvalue weighted by Crippen LogP contribution is 2.24. The second-order valence-electron chi connectivity index (χ2n) is 5.79. The van der Waals surface area contributed by atoms with E-state index in [4.69, 9.17) is 5.73 Å². The number of nitrogens with zero attached hydrogens (tertiary/aromatic N) is 5. The fourth-order valence-corrected chi connectivity index (χ4v) is 2.75. The summed E-state index contributed by atoms with van der Waals surface area (Å²) in [6.45, 7) is -0.751. The first kappa shape index (κ1) is 22.0. The van der Waals surface area contributed by atoms with Crippen LogP contribution in [-0.4, -0.2) is 53.6 Å². The van der Waals surface area contributed by atoms with Gasteiger partial charge in [-0.05, 0) is 18.2 Å². The number of halogens is 4. The van der Waals surface area contributed by atoms with Crippen LogP contribution in [0.5, 0.6) is 5.75 Å². The average molecular weight is 508 g/mol. The number of aliphatic imine (C=N–C) groups is 1. The molecule has 1 saturated heterocycles. The molecule has 0 atom stereocenters. The lowest BCUT2D eigenvalue weighted by atomic mass is 10.2. The zero-order chi connectivity index (χ0) is 19.2. The highest BCUT2D eigenvalue weighted by molar-refractivity contribution is 14.0. The molecule has 7 nitrogen and oxygen atoms in total. The molecule has 1 aliphatic rings. The van der Waals surface area contributed by atoms with E-state index in [0.29, 0.717) is 32.1 Å². The van der Waals surface area contributed by atoms with Gasteiger partial charge < -0.3 is 20.3 Å². The van der Waals surface area contributed by atoms with E-state index in [2.05, 4.69) is 19.7 Å². The number of anilines is 1. The highest BCUT2D eigenvalue weighted by atomic mass is 127. The predicted molar refractivity (Wildman–Crippen MR) is 110 cm³/mol. The van der Waals surface area contributed by atoms with Gasteiger partial charge in [-0.15, -0.1) is 24.0 Å². The van der Waals surface area contributed by atoms with Gasteiger partial charge in [0.05, 0.1) is 12.1 Å². The molecular formula is C17H20F3IN6O. The van der Waals surface area contributed by atoms with E-state index < -0.39 is 12.4 Å². The molecule has 0 amide bonds. The topological polar surface area (TPSA) is 79.9 Å². The van der Waals surface area contributed by atoms with Crippen LogP contribution < -0.4 is 15.4 Å². The molecule has 1 aromatic carbocycles. The first-order valence-electron chi connectivity index (χ1n) is 8.33. The molecule has 28 heavy (non-hydrogen) atoms. The summed E-state index contributed by atoms with van der Waals surface area (Å²) in [5, 5.41) is 0. The Balaban J connectivity index is 0.00000280. The minimum atomic E-state index is -3.04. The summed E-state index contributed by atoms with van der Waals surface area (Å²) in [5.41, 5.74) is 5.94. The number of aromatic nitrogens is 2. The van der Waals surface area contributed by atoms with Crippen LogP contribution >= 0.6 is 24.0 Å². The number of rotatable bonds is 5. The van der Waals surface area contributed by atoms with Gasteiger partial charge in [-0.3, -0.25) is 0 Å². The van der Waals surface area contributed by atoms with Gasteiger partial charge in [0.1, 0.15) is 11.6 Å². The number of ether oxygens (including phenoxy) is 1. The van der Waals surface area contributed by atoms with Gasteiger partial charge >= 0.3 is 6.61 Å². The van der Waals surface area contributed by atoms with Crippen molar-refractivity contribution in [1.29, 1.82) is 0 Å². The number of piperazine rings is 1. The Morgan fingerprint density at radius 3 is 2.46 bits per heavy atom. The highest BCUT2D eigenvalue weighted by Gasteiger charge is 2.20. The molecule has 3 rings (SSSR count). The lowest BCUT2D eigenvalue weighted by Crippen LogP contribution is -2.51. The maximum Gasteiger partial charge on any atom is 0.387 e. The molecule has 2 heterocycles. The second-order valence-corrected chi connectivity index (χ2v) is 5.79. The molecule has 2 aromatic rings. The molecule has 0 aliphatic carbocycles. The van der Waals surface area contributed by atoms with Crippen molar-refractivity contribution in [3.05, 3.63) is 48.0 Å². The SMILES string of the molecule is I.NC(=NCc1c(F)cccc1OC(F)F)N1CCN(c2ncccn2)CC1. The summed E-state index contributed by atoms with van der Waals surface area (Å²) in [7, 11) is 0. The van der Waals surface area contributed by atoms with Gasteiger partial charge in [-0.25, -0.2) is 19.4 Å². The number of hydrogen-bond acceptors (Lipinski definition) is 5. The second kappa shape index (κ2) is 10.3. The smallest absolute Gasteiger partial charge is 0.387 e. The van der Waals surface area contributed by atoms with Crippen LogP contribution in [0, 0.1) is 5.82 Å². The molecule has 0 bridgehead atoms. The van der Waals surface area contributed by atoms with Crippen molar-refractivity contribution in [2.24, 2.45) is 10.7 Å². The van der Waals surface area contributed by atoms with Crippen LogP contribution in [0.25, 0.3) is 0 Å². The fraction of sp³-hybridized carbons (Fsp3) is 0.353. The van der Waals surface area contributed by atoms with E-state index in [9.17, 15) is 13.2 Å². The van der Waals surface area contributed by atoms with E-state index >= 15 is 0 Å². The molecule has 2 N–H and O–H groups in total. The summed E-state index contributed by atoms with van der Waals surface area (Å²) in [6, 6.07) is 5.49. The lowest BCUT2D eigenvalue weighted by molar-refractivity contribution is -0.0506. The number of benzene rings is 1. The maximum atomic E-state index is 14.0. The molecule has 0 unspecified atom stereocenters. The van der Waals surface area contributed by atoms with Gasteiger partial charge in [0.2, 0.25) is 5.95 Å². The standard InChI is InChI=1S/C17H19F3N6O.HI/c18-13-3-1-4-14(27-15(19)20)12(13)11-24-16(21)25-7-9-26(10-8-25)17-22-5-2-6-23-17;/h1-6,15H,7-11H2,(H2,21,24);1H. The van der Waals surface area contributed by atoms with Crippen LogP contribution in [0.15, 0.2) is 41.7 Å². The molecule has 1 fully saturated rings. The van der Waals surface area contributed by atoms with Gasteiger partial charge in [-0.1, -0.05) is 6.07 Å². The van der Waals surface area contributed by atoms with Crippen molar-refractivity contribution in [2.75, 3.05) is 31.1 Å². The van der Waals surface area contributed by atoms with Crippen LogP contribution in [0.2, 0.25) is 0 Å². The minimum Gasteiger partial charge on any atom is -0.434 e. The third kappa shape index (κ3) is 5.59. The van der Waals surface area contributed by atoms with E-state index in [1.54, 1.807) is 18.5 Å². The largest absolute Gasteiger partial charge is 0.434 e. The zero-order valence-corrected chi connectivity index (χ0v) is 17.2. The number of guanidine groups is 1. The third-order valence-electron chi connectivity index (χ3n) is 4.13. The van der Waals surface area contributed by atoms with Crippen LogP contribution in [0.3, 0.4) is 0 Å². The Morgan fingerprint density at radius 2 is 1.82 bits per heavy atom. The molecule has 0 saturated carbocycles. The fourth-order valence-electron chi connectivity index (χ4n) is 2.75. The summed E-state index contributed by atoms with van der Waals surface area (Å²) < 4.78 is 43.3. The summed E-state index contributed by atoms with van der Waals surface area (Å²) >= 11 is 0. The Hall–Kier alpha value is -2.31. The van der Waals surface area contributed by atoms with Crippen LogP contribution in [-0.2, 0) is 6.54 Å². The van der Waals surface area contributed by atoms with Crippen molar-refractivity contribution in [3.63, 3.8) is 0 Å². The molecule has 1 aromatic heterocycles. The molecule has 11 heteroatoms. The Morgan fingerprint density at radius 1 is 1.14 bits per heavy atom. The van der Waals surface area contributed by atoms with Crippen LogP contribution in [0.4, 0.5) is 19.1 Å². The third-order valence-corrected chi connectivity index (χ3v) is 4.13. The summed E-state index contributed by atoms with van der Waals surface area (Å²) in [4.78, 5) is 16.4. The minimum absolute atomic E-state index is 0. The number of alkyl halides is 2. The van der Waals surface area contributed by atoms with Crippen molar-refractivity contribution in [3.8, 4) is 5.75 Å². The van der Waals surface area contributed by atoms with Crippen molar-refractivity contribution < 1.29 is 17.9 Å². The van der Waals surface area contributed by atoms with Crippen molar-refractivity contribution in [2.45, 2.75) is 13.2 Å². The van der Waals surface area contributed by atoms with Crippen molar-refractivity contribution in [1.82, 2.24) is 14.9 Å². The van der Waals surface area contributed by atoms with Gasteiger partial charge in [0.25, 0.3) is 0 Å². The van der Waals surface area contributed by atoms with E-state index in [1.165, 1.54) is 12.1 Å². The Bertz CT molecular complexity index is 788. The quantitative estimate of drug-likeness (QED) is 0.380.